The van der Waals surface area contributed by atoms with Crippen molar-refractivity contribution in [1.29, 1.82) is 0 Å². The van der Waals surface area contributed by atoms with Crippen LogP contribution in [0.4, 0.5) is 5.69 Å². The van der Waals surface area contributed by atoms with Gasteiger partial charge in [0.1, 0.15) is 0 Å². The summed E-state index contributed by atoms with van der Waals surface area (Å²) in [7, 11) is 0. The third-order valence-corrected chi connectivity index (χ3v) is 2.93. The van der Waals surface area contributed by atoms with Gasteiger partial charge in [-0.05, 0) is 36.1 Å². The summed E-state index contributed by atoms with van der Waals surface area (Å²) >= 11 is 0. The van der Waals surface area contributed by atoms with Gasteiger partial charge in [0.05, 0.1) is 0 Å². The van der Waals surface area contributed by atoms with Gasteiger partial charge in [-0.1, -0.05) is 43.3 Å². The zero-order valence-corrected chi connectivity index (χ0v) is 9.83. The molecule has 0 aliphatic rings. The number of anilines is 1. The van der Waals surface area contributed by atoms with Crippen LogP contribution in [0.15, 0.2) is 42.5 Å². The zero-order chi connectivity index (χ0) is 11.5. The molecule has 0 heterocycles. The van der Waals surface area contributed by atoms with E-state index in [1.54, 1.807) is 0 Å². The van der Waals surface area contributed by atoms with Crippen molar-refractivity contribution >= 4 is 5.69 Å². The highest BCUT2D eigenvalue weighted by molar-refractivity contribution is 5.79. The second-order valence-corrected chi connectivity index (χ2v) is 4.09. The van der Waals surface area contributed by atoms with Gasteiger partial charge in [0.2, 0.25) is 0 Å². The molecule has 0 saturated heterocycles. The lowest BCUT2D eigenvalue weighted by Crippen LogP contribution is -1.93. The molecule has 0 amide bonds. The average Bonchev–Trinajstić information content (AvgIpc) is 2.29. The fourth-order valence-corrected chi connectivity index (χ4v) is 2.03. The van der Waals surface area contributed by atoms with Crippen LogP contribution < -0.4 is 5.73 Å². The zero-order valence-electron chi connectivity index (χ0n) is 9.83. The lowest BCUT2D eigenvalue weighted by atomic mass is 9.97. The number of nitrogens with two attached hydrogens (primary N) is 1. The van der Waals surface area contributed by atoms with Gasteiger partial charge in [0, 0.05) is 11.3 Å². The molecular formula is C15H17N. The van der Waals surface area contributed by atoms with Crippen LogP contribution in [0.3, 0.4) is 0 Å². The van der Waals surface area contributed by atoms with E-state index in [1.165, 1.54) is 16.7 Å². The largest absolute Gasteiger partial charge is 0.398 e. The first kappa shape index (κ1) is 10.7. The third-order valence-electron chi connectivity index (χ3n) is 2.93. The summed E-state index contributed by atoms with van der Waals surface area (Å²) in [5, 5.41) is 0. The van der Waals surface area contributed by atoms with Crippen molar-refractivity contribution < 1.29 is 0 Å². The highest BCUT2D eigenvalue weighted by Crippen LogP contribution is 2.29. The fraction of sp³-hybridized carbons (Fsp3) is 0.200. The second-order valence-electron chi connectivity index (χ2n) is 4.09. The predicted octanol–water partition coefficient (Wildman–Crippen LogP) is 3.81. The summed E-state index contributed by atoms with van der Waals surface area (Å²) in [6.45, 7) is 4.27. The number of benzene rings is 2. The van der Waals surface area contributed by atoms with Crippen LogP contribution in [0.25, 0.3) is 11.1 Å². The van der Waals surface area contributed by atoms with Crippen LogP contribution in [0.2, 0.25) is 0 Å². The first-order valence-corrected chi connectivity index (χ1v) is 5.66. The molecule has 2 rings (SSSR count). The van der Waals surface area contributed by atoms with E-state index in [4.69, 9.17) is 5.73 Å². The Bertz CT molecular complexity index is 480. The monoisotopic (exact) mass is 211 g/mol. The lowest BCUT2D eigenvalue weighted by Gasteiger charge is -2.10. The number of rotatable bonds is 2. The molecule has 0 atom stereocenters. The maximum absolute atomic E-state index is 6.04. The van der Waals surface area contributed by atoms with Crippen LogP contribution in [0.5, 0.6) is 0 Å². The predicted molar refractivity (Wildman–Crippen MR) is 70.4 cm³/mol. The molecule has 0 spiro atoms. The molecule has 0 unspecified atom stereocenters. The summed E-state index contributed by atoms with van der Waals surface area (Å²) in [6, 6.07) is 14.7. The summed E-state index contributed by atoms with van der Waals surface area (Å²) in [4.78, 5) is 0. The molecule has 0 aliphatic carbocycles. The Balaban J connectivity index is 2.58. The molecule has 0 radical (unpaired) electrons. The molecule has 0 aromatic heterocycles. The van der Waals surface area contributed by atoms with Gasteiger partial charge < -0.3 is 5.73 Å². The van der Waals surface area contributed by atoms with E-state index in [9.17, 15) is 0 Å². The topological polar surface area (TPSA) is 26.0 Å². The minimum absolute atomic E-state index is 0.855. The highest BCUT2D eigenvalue weighted by atomic mass is 14.6. The molecule has 82 valence electrons. The van der Waals surface area contributed by atoms with E-state index >= 15 is 0 Å². The number of hydrogen-bond donors (Lipinski definition) is 1. The van der Waals surface area contributed by atoms with Crippen molar-refractivity contribution in [1.82, 2.24) is 0 Å². The molecule has 0 bridgehead atoms. The van der Waals surface area contributed by atoms with Crippen LogP contribution in [-0.2, 0) is 6.42 Å². The Hall–Kier alpha value is -1.76. The number of aryl methyl sites for hydroxylation is 2. The summed E-state index contributed by atoms with van der Waals surface area (Å²) in [5.41, 5.74) is 11.9. The molecule has 0 fully saturated rings. The Morgan fingerprint density at radius 2 is 1.81 bits per heavy atom. The van der Waals surface area contributed by atoms with Crippen molar-refractivity contribution in [3.05, 3.63) is 53.6 Å². The van der Waals surface area contributed by atoms with Crippen molar-refractivity contribution in [3.8, 4) is 11.1 Å². The van der Waals surface area contributed by atoms with Crippen LogP contribution in [0.1, 0.15) is 18.1 Å². The molecule has 2 aromatic carbocycles. The van der Waals surface area contributed by atoms with Gasteiger partial charge in [-0.2, -0.15) is 0 Å². The Labute approximate surface area is 96.9 Å². The van der Waals surface area contributed by atoms with Crippen LogP contribution in [-0.4, -0.2) is 0 Å². The minimum atomic E-state index is 0.855. The van der Waals surface area contributed by atoms with Crippen molar-refractivity contribution in [2.75, 3.05) is 5.73 Å². The molecule has 2 N–H and O–H groups in total. The van der Waals surface area contributed by atoms with E-state index in [-0.39, 0.29) is 0 Å². The molecule has 16 heavy (non-hydrogen) atoms. The Kier molecular flexibility index (Phi) is 2.95. The van der Waals surface area contributed by atoms with E-state index in [2.05, 4.69) is 44.2 Å². The van der Waals surface area contributed by atoms with Crippen LogP contribution >= 0.6 is 0 Å². The quantitative estimate of drug-likeness (QED) is 0.751. The fourth-order valence-electron chi connectivity index (χ4n) is 2.03. The first-order chi connectivity index (χ1) is 7.72. The van der Waals surface area contributed by atoms with Crippen molar-refractivity contribution in [3.63, 3.8) is 0 Å². The minimum Gasteiger partial charge on any atom is -0.398 e. The molecule has 0 aliphatic heterocycles. The number of nitrogen functional groups attached to an aromatic ring is 1. The molecular weight excluding hydrogens is 194 g/mol. The van der Waals surface area contributed by atoms with E-state index in [0.29, 0.717) is 0 Å². The molecule has 0 saturated carbocycles. The summed E-state index contributed by atoms with van der Waals surface area (Å²) in [6.07, 6.45) is 1.06. The Morgan fingerprint density at radius 3 is 2.50 bits per heavy atom. The third kappa shape index (κ3) is 1.94. The van der Waals surface area contributed by atoms with E-state index in [1.807, 2.05) is 12.1 Å². The van der Waals surface area contributed by atoms with E-state index < -0.39 is 0 Å². The first-order valence-electron chi connectivity index (χ1n) is 5.66. The second kappa shape index (κ2) is 4.40. The maximum Gasteiger partial charge on any atom is 0.0396 e. The van der Waals surface area contributed by atoms with Crippen molar-refractivity contribution in [2.24, 2.45) is 0 Å². The summed E-state index contributed by atoms with van der Waals surface area (Å²) in [5.74, 6) is 0. The normalized spacial score (nSPS) is 10.4. The standard InChI is InChI=1S/C15H17N/c1-3-12-7-5-8-13(10-12)15-11(2)6-4-9-14(15)16/h4-10H,3,16H2,1-2H3. The molecule has 1 nitrogen and oxygen atoms in total. The summed E-state index contributed by atoms with van der Waals surface area (Å²) < 4.78 is 0. The number of hydrogen-bond acceptors (Lipinski definition) is 1. The van der Waals surface area contributed by atoms with Crippen LogP contribution in [0, 0.1) is 6.92 Å². The molecule has 2 aromatic rings. The Morgan fingerprint density at radius 1 is 1.06 bits per heavy atom. The van der Waals surface area contributed by atoms with Gasteiger partial charge in [0.25, 0.3) is 0 Å². The van der Waals surface area contributed by atoms with Gasteiger partial charge in [-0.3, -0.25) is 0 Å². The van der Waals surface area contributed by atoms with E-state index in [0.717, 1.165) is 17.7 Å². The van der Waals surface area contributed by atoms with Gasteiger partial charge in [-0.15, -0.1) is 0 Å². The van der Waals surface area contributed by atoms with Gasteiger partial charge >= 0.3 is 0 Å². The average molecular weight is 211 g/mol. The molecule has 1 heteroatoms. The highest BCUT2D eigenvalue weighted by Gasteiger charge is 2.05. The lowest BCUT2D eigenvalue weighted by molar-refractivity contribution is 1.14. The SMILES string of the molecule is CCc1cccc(-c2c(C)cccc2N)c1. The van der Waals surface area contributed by atoms with Crippen molar-refractivity contribution in [2.45, 2.75) is 20.3 Å². The van der Waals surface area contributed by atoms with Gasteiger partial charge in [0.15, 0.2) is 0 Å². The van der Waals surface area contributed by atoms with Gasteiger partial charge in [-0.25, -0.2) is 0 Å². The maximum atomic E-state index is 6.04. The smallest absolute Gasteiger partial charge is 0.0396 e.